The molecule has 1 aliphatic rings. The fourth-order valence-corrected chi connectivity index (χ4v) is 4.47. The van der Waals surface area contributed by atoms with E-state index >= 15 is 0 Å². The molecule has 0 bridgehead atoms. The molecule has 0 saturated heterocycles. The van der Waals surface area contributed by atoms with Gasteiger partial charge in [-0.15, -0.1) is 0 Å². The molecule has 0 saturated carbocycles. The van der Waals surface area contributed by atoms with E-state index in [0.717, 1.165) is 24.3 Å². The van der Waals surface area contributed by atoms with Crippen LogP contribution >= 0.6 is 23.4 Å². The Balaban J connectivity index is 1.36. The van der Waals surface area contributed by atoms with Gasteiger partial charge >= 0.3 is 0 Å². The number of aromatic nitrogens is 2. The summed E-state index contributed by atoms with van der Waals surface area (Å²) in [6.07, 6.45) is 0.715. The van der Waals surface area contributed by atoms with Crippen molar-refractivity contribution in [3.05, 3.63) is 85.8 Å². The van der Waals surface area contributed by atoms with Gasteiger partial charge in [0.2, 0.25) is 5.91 Å². The number of halogens is 1. The Morgan fingerprint density at radius 3 is 2.75 bits per heavy atom. The Hall–Kier alpha value is -2.61. The quantitative estimate of drug-likeness (QED) is 0.416. The Morgan fingerprint density at radius 1 is 1.22 bits per heavy atom. The van der Waals surface area contributed by atoms with Crippen LogP contribution in [0.4, 0.5) is 5.69 Å². The van der Waals surface area contributed by atoms with Crippen LogP contribution in [0.15, 0.2) is 52.4 Å². The Kier molecular flexibility index (Phi) is 6.98. The van der Waals surface area contributed by atoms with Crippen molar-refractivity contribution in [1.29, 1.82) is 0 Å². The summed E-state index contributed by atoms with van der Waals surface area (Å²) in [7, 11) is 0. The molecule has 0 radical (unpaired) electrons. The molecular formula is C24H25ClN4O2S. The van der Waals surface area contributed by atoms with E-state index in [1.54, 1.807) is 6.07 Å². The van der Waals surface area contributed by atoms with E-state index < -0.39 is 0 Å². The van der Waals surface area contributed by atoms with Gasteiger partial charge < -0.3 is 10.3 Å². The highest BCUT2D eigenvalue weighted by Gasteiger charge is 2.21. The van der Waals surface area contributed by atoms with Crippen LogP contribution in [0.2, 0.25) is 5.02 Å². The third-order valence-electron chi connectivity index (χ3n) is 5.45. The van der Waals surface area contributed by atoms with Crippen molar-refractivity contribution in [1.82, 2.24) is 14.9 Å². The van der Waals surface area contributed by atoms with Gasteiger partial charge in [-0.3, -0.25) is 14.5 Å². The number of nitrogens with zero attached hydrogens (tertiary/aromatic N) is 2. The summed E-state index contributed by atoms with van der Waals surface area (Å²) in [5.41, 5.74) is 5.47. The summed E-state index contributed by atoms with van der Waals surface area (Å²) < 4.78 is 0. The second-order valence-corrected chi connectivity index (χ2v) is 9.41. The molecule has 0 fully saturated rings. The van der Waals surface area contributed by atoms with Gasteiger partial charge in [0, 0.05) is 36.8 Å². The zero-order chi connectivity index (χ0) is 22.7. The van der Waals surface area contributed by atoms with Crippen LogP contribution in [-0.2, 0) is 24.3 Å². The van der Waals surface area contributed by atoms with Crippen molar-refractivity contribution in [2.75, 3.05) is 17.6 Å². The number of carbonyl (C=O) groups is 1. The number of thioether (sulfide) groups is 1. The highest BCUT2D eigenvalue weighted by Crippen LogP contribution is 2.22. The van der Waals surface area contributed by atoms with Gasteiger partial charge in [0.15, 0.2) is 5.16 Å². The minimum Gasteiger partial charge on any atom is -0.325 e. The smallest absolute Gasteiger partial charge is 0.256 e. The first-order chi connectivity index (χ1) is 15.4. The number of nitrogens with one attached hydrogen (secondary N) is 2. The summed E-state index contributed by atoms with van der Waals surface area (Å²) in [5.74, 6) is -0.0354. The summed E-state index contributed by atoms with van der Waals surface area (Å²) in [4.78, 5) is 34.7. The number of hydrogen-bond acceptors (Lipinski definition) is 5. The van der Waals surface area contributed by atoms with E-state index in [4.69, 9.17) is 11.6 Å². The zero-order valence-electron chi connectivity index (χ0n) is 18.1. The predicted molar refractivity (Wildman–Crippen MR) is 129 cm³/mol. The van der Waals surface area contributed by atoms with Crippen LogP contribution < -0.4 is 10.9 Å². The molecule has 32 heavy (non-hydrogen) atoms. The first-order valence-corrected chi connectivity index (χ1v) is 11.8. The lowest BCUT2D eigenvalue weighted by molar-refractivity contribution is -0.113. The molecule has 4 rings (SSSR count). The van der Waals surface area contributed by atoms with Gasteiger partial charge in [0.1, 0.15) is 0 Å². The SMILES string of the molecule is Cc1ccc(CN2CCc3nc(SCC(=O)Nc4ccc(C)c(Cl)c4)[nH]c(=O)c3C2)cc1. The van der Waals surface area contributed by atoms with E-state index in [9.17, 15) is 9.59 Å². The van der Waals surface area contributed by atoms with Crippen LogP contribution in [0.25, 0.3) is 0 Å². The second-order valence-electron chi connectivity index (χ2n) is 8.04. The van der Waals surface area contributed by atoms with Gasteiger partial charge in [0.05, 0.1) is 17.0 Å². The number of carbonyl (C=O) groups excluding carboxylic acids is 1. The van der Waals surface area contributed by atoms with Crippen LogP contribution in [-0.4, -0.2) is 33.1 Å². The molecule has 2 aromatic carbocycles. The summed E-state index contributed by atoms with van der Waals surface area (Å²) in [6, 6.07) is 13.9. The average molecular weight is 469 g/mol. The Bertz CT molecular complexity index is 1190. The van der Waals surface area contributed by atoms with Gasteiger partial charge in [-0.25, -0.2) is 4.98 Å². The van der Waals surface area contributed by atoms with Crippen molar-refractivity contribution in [3.8, 4) is 0 Å². The molecular weight excluding hydrogens is 444 g/mol. The molecule has 1 amide bonds. The molecule has 2 heterocycles. The molecule has 0 atom stereocenters. The third-order valence-corrected chi connectivity index (χ3v) is 6.73. The highest BCUT2D eigenvalue weighted by molar-refractivity contribution is 7.99. The molecule has 6 nitrogen and oxygen atoms in total. The lowest BCUT2D eigenvalue weighted by Crippen LogP contribution is -2.35. The van der Waals surface area contributed by atoms with Crippen molar-refractivity contribution in [2.45, 2.75) is 38.5 Å². The molecule has 0 spiro atoms. The van der Waals surface area contributed by atoms with Crippen LogP contribution in [0.1, 0.15) is 27.9 Å². The summed E-state index contributed by atoms with van der Waals surface area (Å²) in [5, 5.41) is 3.89. The fourth-order valence-electron chi connectivity index (χ4n) is 3.61. The molecule has 3 aromatic rings. The van der Waals surface area contributed by atoms with E-state index in [-0.39, 0.29) is 17.2 Å². The van der Waals surface area contributed by atoms with Crippen molar-refractivity contribution < 1.29 is 4.79 Å². The molecule has 0 aliphatic carbocycles. The minimum absolute atomic E-state index is 0.128. The average Bonchev–Trinajstić information content (AvgIpc) is 2.77. The molecule has 166 valence electrons. The van der Waals surface area contributed by atoms with Gasteiger partial charge in [-0.05, 0) is 37.1 Å². The van der Waals surface area contributed by atoms with Gasteiger partial charge in [-0.2, -0.15) is 0 Å². The Labute approximate surface area is 196 Å². The molecule has 2 N–H and O–H groups in total. The number of aryl methyl sites for hydroxylation is 2. The maximum atomic E-state index is 12.7. The normalized spacial score (nSPS) is 13.6. The molecule has 0 unspecified atom stereocenters. The number of anilines is 1. The topological polar surface area (TPSA) is 78.1 Å². The second kappa shape index (κ2) is 9.90. The zero-order valence-corrected chi connectivity index (χ0v) is 19.6. The van der Waals surface area contributed by atoms with Crippen molar-refractivity contribution >= 4 is 35.0 Å². The van der Waals surface area contributed by atoms with Crippen LogP contribution in [0.3, 0.4) is 0 Å². The number of benzene rings is 2. The minimum atomic E-state index is -0.181. The fraction of sp³-hybridized carbons (Fsp3) is 0.292. The van der Waals surface area contributed by atoms with E-state index in [0.29, 0.717) is 34.4 Å². The maximum absolute atomic E-state index is 12.7. The lowest BCUT2D eigenvalue weighted by atomic mass is 10.1. The summed E-state index contributed by atoms with van der Waals surface area (Å²) >= 11 is 7.33. The van der Waals surface area contributed by atoms with Gasteiger partial charge in [-0.1, -0.05) is 59.3 Å². The number of amides is 1. The predicted octanol–water partition coefficient (Wildman–Crippen LogP) is 4.33. The maximum Gasteiger partial charge on any atom is 0.256 e. The summed E-state index contributed by atoms with van der Waals surface area (Å²) in [6.45, 7) is 6.20. The van der Waals surface area contributed by atoms with Crippen molar-refractivity contribution in [2.24, 2.45) is 0 Å². The number of aromatic amines is 1. The lowest BCUT2D eigenvalue weighted by Gasteiger charge is -2.27. The standard InChI is InChI=1S/C24H25ClN4O2S/c1-15-3-6-17(7-4-15)12-29-10-9-21-19(13-29)23(31)28-24(27-21)32-14-22(30)26-18-8-5-16(2)20(25)11-18/h3-8,11H,9-10,12-14H2,1-2H3,(H,26,30)(H,27,28,31). The highest BCUT2D eigenvalue weighted by atomic mass is 35.5. The Morgan fingerprint density at radius 2 is 2.00 bits per heavy atom. The number of H-pyrrole nitrogens is 1. The van der Waals surface area contributed by atoms with Gasteiger partial charge in [0.25, 0.3) is 5.56 Å². The largest absolute Gasteiger partial charge is 0.325 e. The first-order valence-electron chi connectivity index (χ1n) is 10.5. The van der Waals surface area contributed by atoms with Crippen LogP contribution in [0, 0.1) is 13.8 Å². The first kappa shape index (κ1) is 22.6. The number of rotatable bonds is 6. The monoisotopic (exact) mass is 468 g/mol. The number of hydrogen-bond donors (Lipinski definition) is 2. The molecule has 1 aliphatic heterocycles. The third kappa shape index (κ3) is 5.59. The van der Waals surface area contributed by atoms with E-state index in [2.05, 4.69) is 51.4 Å². The van der Waals surface area contributed by atoms with Crippen LogP contribution in [0.5, 0.6) is 0 Å². The van der Waals surface area contributed by atoms with Crippen molar-refractivity contribution in [3.63, 3.8) is 0 Å². The number of fused-ring (bicyclic) bond motifs is 1. The van der Waals surface area contributed by atoms with E-state index in [1.165, 1.54) is 22.9 Å². The van der Waals surface area contributed by atoms with E-state index in [1.807, 2.05) is 19.1 Å². The molecule has 8 heteroatoms. The molecule has 1 aromatic heterocycles.